The van der Waals surface area contributed by atoms with Crippen LogP contribution in [0.15, 0.2) is 35.2 Å². The van der Waals surface area contributed by atoms with Crippen molar-refractivity contribution in [3.8, 4) is 11.5 Å². The van der Waals surface area contributed by atoms with Gasteiger partial charge in [0.15, 0.2) is 11.5 Å². The van der Waals surface area contributed by atoms with Crippen LogP contribution in [0.2, 0.25) is 10.0 Å². The molecule has 152 valence electrons. The Morgan fingerprint density at radius 1 is 1.21 bits per heavy atom. The first-order valence-corrected chi connectivity index (χ1v) is 11.2. The van der Waals surface area contributed by atoms with Crippen molar-refractivity contribution in [3.63, 3.8) is 0 Å². The normalized spacial score (nSPS) is 15.3. The van der Waals surface area contributed by atoms with Crippen LogP contribution in [0.3, 0.4) is 0 Å². The van der Waals surface area contributed by atoms with Crippen LogP contribution in [-0.2, 0) is 11.3 Å². The molecule has 2 aromatic rings. The summed E-state index contributed by atoms with van der Waals surface area (Å²) in [6, 6.07) is 8.62. The molecule has 1 saturated heterocycles. The quantitative estimate of drug-likeness (QED) is 0.307. The predicted molar refractivity (Wildman–Crippen MR) is 125 cm³/mol. The van der Waals surface area contributed by atoms with E-state index in [9.17, 15) is 9.59 Å². The van der Waals surface area contributed by atoms with Crippen molar-refractivity contribution in [2.45, 2.75) is 13.5 Å². The van der Waals surface area contributed by atoms with Gasteiger partial charge in [-0.15, -0.1) is 0 Å². The highest BCUT2D eigenvalue weighted by molar-refractivity contribution is 14.1. The van der Waals surface area contributed by atoms with Gasteiger partial charge in [0.2, 0.25) is 0 Å². The van der Waals surface area contributed by atoms with Crippen molar-refractivity contribution in [2.75, 3.05) is 13.7 Å². The van der Waals surface area contributed by atoms with Crippen LogP contribution in [0.5, 0.6) is 11.5 Å². The second kappa shape index (κ2) is 9.59. The summed E-state index contributed by atoms with van der Waals surface area (Å²) in [5.74, 6) is 0.852. The maximum Gasteiger partial charge on any atom is 0.293 e. The molecule has 0 radical (unpaired) electrons. The van der Waals surface area contributed by atoms with Gasteiger partial charge in [-0.25, -0.2) is 0 Å². The summed E-state index contributed by atoms with van der Waals surface area (Å²) in [5, 5.41) is 0.555. The number of nitrogens with zero attached hydrogens (tertiary/aromatic N) is 1. The Hall–Kier alpha value is -1.42. The van der Waals surface area contributed by atoms with Gasteiger partial charge >= 0.3 is 0 Å². The summed E-state index contributed by atoms with van der Waals surface area (Å²) >= 11 is 15.1. The lowest BCUT2D eigenvalue weighted by Crippen LogP contribution is -2.27. The molecule has 0 unspecified atom stereocenters. The number of methoxy groups -OCH3 is 1. The van der Waals surface area contributed by atoms with Gasteiger partial charge in [-0.05, 0) is 82.7 Å². The van der Waals surface area contributed by atoms with Gasteiger partial charge in [0.05, 0.1) is 28.7 Å². The number of amides is 2. The lowest BCUT2D eigenvalue weighted by atomic mass is 10.1. The van der Waals surface area contributed by atoms with Crippen LogP contribution in [0, 0.1) is 3.57 Å². The zero-order valence-corrected chi connectivity index (χ0v) is 20.0. The summed E-state index contributed by atoms with van der Waals surface area (Å²) in [4.78, 5) is 26.7. The average Bonchev–Trinajstić information content (AvgIpc) is 2.91. The molecule has 2 amide bonds. The fraction of sp³-hybridized carbons (Fsp3) is 0.200. The van der Waals surface area contributed by atoms with Gasteiger partial charge in [-0.3, -0.25) is 14.5 Å². The van der Waals surface area contributed by atoms with Crippen molar-refractivity contribution in [3.05, 3.63) is 60.0 Å². The van der Waals surface area contributed by atoms with E-state index in [4.69, 9.17) is 32.7 Å². The summed E-state index contributed by atoms with van der Waals surface area (Å²) in [7, 11) is 1.58. The smallest absolute Gasteiger partial charge is 0.293 e. The van der Waals surface area contributed by atoms with Crippen LogP contribution < -0.4 is 9.47 Å². The highest BCUT2D eigenvalue weighted by Gasteiger charge is 2.35. The van der Waals surface area contributed by atoms with E-state index >= 15 is 0 Å². The number of hydrogen-bond donors (Lipinski definition) is 0. The molecule has 1 heterocycles. The predicted octanol–water partition coefficient (Wildman–Crippen LogP) is 6.24. The number of halogens is 3. The zero-order valence-electron chi connectivity index (χ0n) is 15.5. The number of ether oxygens (including phenoxy) is 2. The Kier molecular flexibility index (Phi) is 7.37. The van der Waals surface area contributed by atoms with Crippen LogP contribution in [0.25, 0.3) is 6.08 Å². The fourth-order valence-electron chi connectivity index (χ4n) is 2.74. The molecule has 3 rings (SSSR count). The molecule has 0 atom stereocenters. The Morgan fingerprint density at radius 2 is 1.97 bits per heavy atom. The Morgan fingerprint density at radius 3 is 2.62 bits per heavy atom. The third-order valence-corrected chi connectivity index (χ3v) is 6.35. The SMILES string of the molecule is CCOc1cc(/C=C2/SC(=O)N(Cc3ccc(Cl)cc3Cl)C2=O)cc(I)c1OC. The van der Waals surface area contributed by atoms with E-state index in [1.165, 1.54) is 4.90 Å². The summed E-state index contributed by atoms with van der Waals surface area (Å²) < 4.78 is 11.9. The third kappa shape index (κ3) is 5.02. The Bertz CT molecular complexity index is 1010. The van der Waals surface area contributed by atoms with Gasteiger partial charge < -0.3 is 9.47 Å². The molecule has 0 bridgehead atoms. The van der Waals surface area contributed by atoms with E-state index in [-0.39, 0.29) is 17.7 Å². The van der Waals surface area contributed by atoms with Gasteiger partial charge in [-0.1, -0.05) is 29.3 Å². The number of imide groups is 1. The lowest BCUT2D eigenvalue weighted by Gasteiger charge is -2.14. The minimum Gasteiger partial charge on any atom is -0.492 e. The van der Waals surface area contributed by atoms with Gasteiger partial charge in [-0.2, -0.15) is 0 Å². The van der Waals surface area contributed by atoms with Gasteiger partial charge in [0.1, 0.15) is 0 Å². The van der Waals surface area contributed by atoms with Crippen molar-refractivity contribution in [1.29, 1.82) is 0 Å². The highest BCUT2D eigenvalue weighted by Crippen LogP contribution is 2.38. The first kappa shape index (κ1) is 22.3. The number of hydrogen-bond acceptors (Lipinski definition) is 5. The lowest BCUT2D eigenvalue weighted by molar-refractivity contribution is -0.123. The number of rotatable bonds is 6. The molecule has 0 saturated carbocycles. The second-order valence-electron chi connectivity index (χ2n) is 5.97. The van der Waals surface area contributed by atoms with Crippen molar-refractivity contribution in [1.82, 2.24) is 4.90 Å². The number of thioether (sulfide) groups is 1. The monoisotopic (exact) mass is 563 g/mol. The largest absolute Gasteiger partial charge is 0.492 e. The summed E-state index contributed by atoms with van der Waals surface area (Å²) in [6.45, 7) is 2.45. The zero-order chi connectivity index (χ0) is 21.1. The minimum absolute atomic E-state index is 0.0857. The Labute approximate surface area is 196 Å². The van der Waals surface area contributed by atoms with Crippen LogP contribution in [0.1, 0.15) is 18.1 Å². The topological polar surface area (TPSA) is 55.8 Å². The minimum atomic E-state index is -0.366. The molecule has 0 aromatic heterocycles. The summed E-state index contributed by atoms with van der Waals surface area (Å²) in [5.41, 5.74) is 1.39. The number of carbonyl (C=O) groups excluding carboxylic acids is 2. The molecule has 0 spiro atoms. The molecule has 9 heteroatoms. The van der Waals surface area contributed by atoms with Crippen LogP contribution in [0.4, 0.5) is 4.79 Å². The van der Waals surface area contributed by atoms with Crippen LogP contribution in [-0.4, -0.2) is 29.8 Å². The molecule has 2 aromatic carbocycles. The van der Waals surface area contributed by atoms with E-state index in [0.29, 0.717) is 38.6 Å². The second-order valence-corrected chi connectivity index (χ2v) is 8.97. The molecule has 29 heavy (non-hydrogen) atoms. The van der Waals surface area contributed by atoms with E-state index in [1.807, 2.05) is 13.0 Å². The van der Waals surface area contributed by atoms with E-state index < -0.39 is 0 Å². The maximum absolute atomic E-state index is 12.8. The highest BCUT2D eigenvalue weighted by atomic mass is 127. The molecule has 0 aliphatic carbocycles. The Balaban J connectivity index is 1.88. The molecule has 5 nitrogen and oxygen atoms in total. The fourth-order valence-corrected chi connectivity index (χ4v) is 4.89. The van der Waals surface area contributed by atoms with Gasteiger partial charge in [0.25, 0.3) is 11.1 Å². The van der Waals surface area contributed by atoms with E-state index in [0.717, 1.165) is 20.9 Å². The van der Waals surface area contributed by atoms with Crippen molar-refractivity contribution in [2.24, 2.45) is 0 Å². The van der Waals surface area contributed by atoms with E-state index in [1.54, 1.807) is 37.5 Å². The first-order valence-electron chi connectivity index (χ1n) is 8.53. The molecule has 1 fully saturated rings. The van der Waals surface area contributed by atoms with E-state index in [2.05, 4.69) is 22.6 Å². The molecule has 1 aliphatic heterocycles. The van der Waals surface area contributed by atoms with Crippen molar-refractivity contribution < 1.29 is 19.1 Å². The molecule has 0 N–H and O–H groups in total. The average molecular weight is 564 g/mol. The standard InChI is InChI=1S/C20H16Cl2INO4S/c1-3-28-16-7-11(6-15(23)18(16)27-2)8-17-19(25)24(20(26)29-17)10-12-4-5-13(21)9-14(12)22/h4-9H,3,10H2,1-2H3/b17-8+. The van der Waals surface area contributed by atoms with Gasteiger partial charge in [0, 0.05) is 10.0 Å². The number of benzene rings is 2. The van der Waals surface area contributed by atoms with Crippen LogP contribution >= 0.6 is 57.6 Å². The maximum atomic E-state index is 12.8. The first-order chi connectivity index (χ1) is 13.8. The molecular weight excluding hydrogens is 548 g/mol. The number of carbonyl (C=O) groups is 2. The molecular formula is C20H16Cl2INO4S. The molecule has 1 aliphatic rings. The summed E-state index contributed by atoms with van der Waals surface area (Å²) in [6.07, 6.45) is 1.68. The van der Waals surface area contributed by atoms with Crippen molar-refractivity contribution >= 4 is 74.8 Å². The third-order valence-electron chi connectivity index (χ3n) is 4.05.